The minimum absolute atomic E-state index is 0.115. The Morgan fingerprint density at radius 2 is 1.90 bits per heavy atom. The first-order valence-electron chi connectivity index (χ1n) is 3.76. The molecule has 0 atom stereocenters. The van der Waals surface area contributed by atoms with Crippen molar-refractivity contribution in [3.05, 3.63) is 0 Å². The number of ketones is 1. The van der Waals surface area contributed by atoms with Crippen LogP contribution in [0.3, 0.4) is 0 Å². The van der Waals surface area contributed by atoms with Gasteiger partial charge in [-0.15, -0.1) is 0 Å². The molecule has 0 heterocycles. The van der Waals surface area contributed by atoms with E-state index in [-0.39, 0.29) is 18.8 Å². The highest BCUT2D eigenvalue weighted by molar-refractivity contribution is 5.78. The van der Waals surface area contributed by atoms with E-state index in [1.54, 1.807) is 0 Å². The molecule has 59 valence electrons. The van der Waals surface area contributed by atoms with Gasteiger partial charge in [0.05, 0.1) is 6.61 Å². The number of hydrogen-bond donors (Lipinski definition) is 0. The van der Waals surface area contributed by atoms with Crippen LogP contribution < -0.4 is 0 Å². The van der Waals surface area contributed by atoms with Crippen molar-refractivity contribution in [2.75, 3.05) is 6.61 Å². The summed E-state index contributed by atoms with van der Waals surface area (Å²) in [6, 6.07) is 0. The molecule has 0 aromatic heterocycles. The third-order valence-corrected chi connectivity index (χ3v) is 1.38. The second-order valence-electron chi connectivity index (χ2n) is 2.93. The molecular weight excluding hydrogens is 128 g/mol. The first kappa shape index (κ1) is 9.63. The first-order valence-corrected chi connectivity index (χ1v) is 3.76. The van der Waals surface area contributed by atoms with Gasteiger partial charge in [0.25, 0.3) is 0 Å². The zero-order valence-electron chi connectivity index (χ0n) is 6.72. The monoisotopic (exact) mass is 143 g/mol. The average Bonchev–Trinajstić information content (AvgIpc) is 1.85. The van der Waals surface area contributed by atoms with Gasteiger partial charge < -0.3 is 0 Å². The van der Waals surface area contributed by atoms with E-state index in [0.717, 1.165) is 6.42 Å². The Morgan fingerprint density at radius 3 is 2.30 bits per heavy atom. The molecule has 0 aliphatic rings. The Bertz CT molecular complexity index is 97.4. The van der Waals surface area contributed by atoms with Gasteiger partial charge in [0.2, 0.25) is 0 Å². The molecule has 0 rings (SSSR count). The zero-order valence-corrected chi connectivity index (χ0v) is 6.72. The van der Waals surface area contributed by atoms with E-state index in [0.29, 0.717) is 12.3 Å². The van der Waals surface area contributed by atoms with E-state index in [9.17, 15) is 9.90 Å². The van der Waals surface area contributed by atoms with Crippen LogP contribution in [0, 0.1) is 5.92 Å². The van der Waals surface area contributed by atoms with Crippen molar-refractivity contribution in [3.63, 3.8) is 0 Å². The zero-order chi connectivity index (χ0) is 7.98. The van der Waals surface area contributed by atoms with E-state index in [4.69, 9.17) is 0 Å². The molecule has 0 spiro atoms. The fourth-order valence-corrected chi connectivity index (χ4v) is 0.688. The SMILES string of the molecule is CC(C)CCC(=O)CC[O]. The third-order valence-electron chi connectivity index (χ3n) is 1.38. The Hall–Kier alpha value is -0.370. The van der Waals surface area contributed by atoms with Crippen LogP contribution in [0.15, 0.2) is 0 Å². The van der Waals surface area contributed by atoms with Gasteiger partial charge in [-0.1, -0.05) is 13.8 Å². The lowest BCUT2D eigenvalue weighted by Gasteiger charge is -2.01. The van der Waals surface area contributed by atoms with Gasteiger partial charge >= 0.3 is 0 Å². The molecule has 0 amide bonds. The van der Waals surface area contributed by atoms with Crippen molar-refractivity contribution in [2.45, 2.75) is 33.1 Å². The molecule has 0 bridgehead atoms. The summed E-state index contributed by atoms with van der Waals surface area (Å²) in [5, 5.41) is 9.96. The van der Waals surface area contributed by atoms with E-state index in [1.165, 1.54) is 0 Å². The van der Waals surface area contributed by atoms with Gasteiger partial charge in [0, 0.05) is 12.8 Å². The van der Waals surface area contributed by atoms with Crippen molar-refractivity contribution in [1.82, 2.24) is 0 Å². The molecule has 0 saturated carbocycles. The van der Waals surface area contributed by atoms with E-state index < -0.39 is 0 Å². The topological polar surface area (TPSA) is 37.0 Å². The number of carbonyl (C=O) groups excluding carboxylic acids is 1. The lowest BCUT2D eigenvalue weighted by atomic mass is 10.0. The van der Waals surface area contributed by atoms with Crippen molar-refractivity contribution < 1.29 is 9.90 Å². The van der Waals surface area contributed by atoms with Gasteiger partial charge in [0.1, 0.15) is 5.78 Å². The van der Waals surface area contributed by atoms with Crippen LogP contribution in [0.4, 0.5) is 0 Å². The van der Waals surface area contributed by atoms with Gasteiger partial charge in [-0.05, 0) is 12.3 Å². The second-order valence-corrected chi connectivity index (χ2v) is 2.93. The van der Waals surface area contributed by atoms with Crippen LogP contribution in [0.1, 0.15) is 33.1 Å². The largest absolute Gasteiger partial charge is 0.300 e. The number of Topliss-reactive ketones (excluding diaryl/α,β-unsaturated/α-hetero) is 1. The molecule has 0 fully saturated rings. The molecule has 0 aliphatic carbocycles. The predicted octanol–water partition coefficient (Wildman–Crippen LogP) is 1.81. The maximum Gasteiger partial charge on any atom is 0.135 e. The van der Waals surface area contributed by atoms with E-state index in [2.05, 4.69) is 13.8 Å². The molecule has 2 heteroatoms. The van der Waals surface area contributed by atoms with E-state index in [1.807, 2.05) is 0 Å². The first-order chi connectivity index (χ1) is 4.66. The van der Waals surface area contributed by atoms with Gasteiger partial charge in [-0.25, -0.2) is 5.11 Å². The Morgan fingerprint density at radius 1 is 1.30 bits per heavy atom. The van der Waals surface area contributed by atoms with Crippen molar-refractivity contribution in [3.8, 4) is 0 Å². The standard InChI is InChI=1S/C8H15O2/c1-7(2)3-4-8(10)5-6-9/h7H,3-6H2,1-2H3. The Balaban J connectivity index is 3.22. The van der Waals surface area contributed by atoms with Crippen molar-refractivity contribution in [1.29, 1.82) is 0 Å². The Kier molecular flexibility index (Phi) is 5.22. The molecular formula is C8H15O2. The highest BCUT2D eigenvalue weighted by Gasteiger charge is 2.02. The van der Waals surface area contributed by atoms with Crippen LogP contribution in [-0.4, -0.2) is 12.4 Å². The van der Waals surface area contributed by atoms with Gasteiger partial charge in [-0.3, -0.25) is 4.79 Å². The highest BCUT2D eigenvalue weighted by atomic mass is 16.3. The van der Waals surface area contributed by atoms with Crippen LogP contribution >= 0.6 is 0 Å². The molecule has 0 unspecified atom stereocenters. The van der Waals surface area contributed by atoms with Gasteiger partial charge in [0.15, 0.2) is 0 Å². The molecule has 10 heavy (non-hydrogen) atoms. The van der Waals surface area contributed by atoms with Crippen LogP contribution in [0.5, 0.6) is 0 Å². The highest BCUT2D eigenvalue weighted by Crippen LogP contribution is 2.04. The van der Waals surface area contributed by atoms with Crippen molar-refractivity contribution in [2.24, 2.45) is 5.92 Å². The molecule has 0 N–H and O–H groups in total. The second kappa shape index (κ2) is 5.42. The van der Waals surface area contributed by atoms with Crippen LogP contribution in [0.2, 0.25) is 0 Å². The van der Waals surface area contributed by atoms with Crippen LogP contribution in [-0.2, 0) is 9.90 Å². The summed E-state index contributed by atoms with van der Waals surface area (Å²) in [7, 11) is 0. The number of carbonyl (C=O) groups is 1. The average molecular weight is 143 g/mol. The summed E-state index contributed by atoms with van der Waals surface area (Å²) in [6.07, 6.45) is 1.71. The minimum atomic E-state index is -0.253. The smallest absolute Gasteiger partial charge is 0.135 e. The fourth-order valence-electron chi connectivity index (χ4n) is 0.688. The minimum Gasteiger partial charge on any atom is -0.300 e. The van der Waals surface area contributed by atoms with Crippen molar-refractivity contribution >= 4 is 5.78 Å². The van der Waals surface area contributed by atoms with E-state index >= 15 is 0 Å². The number of rotatable bonds is 5. The normalized spacial score (nSPS) is 10.4. The Labute approximate surface area is 62.2 Å². The number of hydrogen-bond acceptors (Lipinski definition) is 1. The maximum absolute atomic E-state index is 10.7. The summed E-state index contributed by atoms with van der Waals surface area (Å²) in [5.74, 6) is 0.680. The predicted molar refractivity (Wildman–Crippen MR) is 39.2 cm³/mol. The molecule has 0 saturated heterocycles. The quantitative estimate of drug-likeness (QED) is 0.578. The third kappa shape index (κ3) is 5.76. The molecule has 2 nitrogen and oxygen atoms in total. The summed E-state index contributed by atoms with van der Waals surface area (Å²) in [5.41, 5.74) is 0. The summed E-state index contributed by atoms with van der Waals surface area (Å²) in [4.78, 5) is 10.7. The summed E-state index contributed by atoms with van der Waals surface area (Å²) >= 11 is 0. The molecule has 0 aromatic rings. The fraction of sp³-hybridized carbons (Fsp3) is 0.875. The van der Waals surface area contributed by atoms with Gasteiger partial charge in [-0.2, -0.15) is 0 Å². The summed E-state index contributed by atoms with van der Waals surface area (Å²) in [6.45, 7) is 3.89. The lowest BCUT2D eigenvalue weighted by Crippen LogP contribution is -2.01. The summed E-state index contributed by atoms with van der Waals surface area (Å²) < 4.78 is 0. The molecule has 0 aliphatic heterocycles. The lowest BCUT2D eigenvalue weighted by molar-refractivity contribution is -0.120. The molecule has 1 radical (unpaired) electrons. The molecule has 0 aromatic carbocycles. The van der Waals surface area contributed by atoms with Crippen LogP contribution in [0.25, 0.3) is 0 Å². The maximum atomic E-state index is 10.7.